The molecule has 3 amide bonds. The number of nitrogens with one attached hydrogen (secondary N) is 2. The maximum Gasteiger partial charge on any atom is 0.408 e. The molecule has 43 heavy (non-hydrogen) atoms. The number of carbonyl (C=O) groups excluding carboxylic acids is 5. The number of rotatable bonds is 10. The van der Waals surface area contributed by atoms with Gasteiger partial charge in [0.05, 0.1) is 0 Å². The van der Waals surface area contributed by atoms with Gasteiger partial charge in [-0.2, -0.15) is 0 Å². The van der Waals surface area contributed by atoms with Gasteiger partial charge in [-0.15, -0.1) is 0 Å². The molecule has 1 fully saturated rings. The van der Waals surface area contributed by atoms with E-state index in [4.69, 9.17) is 14.2 Å². The van der Waals surface area contributed by atoms with Gasteiger partial charge in [-0.1, -0.05) is 30.3 Å². The van der Waals surface area contributed by atoms with Crippen LogP contribution in [0.1, 0.15) is 93.6 Å². The van der Waals surface area contributed by atoms with Gasteiger partial charge in [0.1, 0.15) is 34.9 Å². The second-order valence-electron chi connectivity index (χ2n) is 13.9. The standard InChI is InChI=1S/C32H49N3O8/c1-29(2,3)41-25(37)17-16-23(26(38)42-30(4,5)6)34-27(39)32(20-22-14-11-10-12-15-22)18-13-19-35(32)24(36)21-33-28(40)43-31(7,8)9/h10-12,14-15,23H,13,16-21H2,1-9H3,(H,33,40)(H,34,39)/t23-,32+/m0/s1. The molecule has 0 aliphatic carbocycles. The van der Waals surface area contributed by atoms with Gasteiger partial charge in [0.15, 0.2) is 0 Å². The minimum absolute atomic E-state index is 0.0505. The fourth-order valence-corrected chi connectivity index (χ4v) is 4.80. The number of amides is 3. The van der Waals surface area contributed by atoms with E-state index < -0.39 is 58.2 Å². The van der Waals surface area contributed by atoms with Gasteiger partial charge in [0.25, 0.3) is 0 Å². The molecule has 2 rings (SSSR count). The third-order valence-electron chi connectivity index (χ3n) is 6.39. The van der Waals surface area contributed by atoms with E-state index in [0.29, 0.717) is 12.8 Å². The number of hydrogen-bond donors (Lipinski definition) is 2. The zero-order chi connectivity index (χ0) is 32.6. The Hall–Kier alpha value is -3.63. The molecule has 1 aromatic rings. The van der Waals surface area contributed by atoms with Gasteiger partial charge < -0.3 is 29.7 Å². The number of alkyl carbamates (subject to hydrolysis) is 1. The van der Waals surface area contributed by atoms with E-state index in [0.717, 1.165) is 5.56 Å². The van der Waals surface area contributed by atoms with Gasteiger partial charge in [-0.25, -0.2) is 9.59 Å². The quantitative estimate of drug-likeness (QED) is 0.301. The van der Waals surface area contributed by atoms with Crippen molar-refractivity contribution < 1.29 is 38.2 Å². The Bertz CT molecular complexity index is 1150. The van der Waals surface area contributed by atoms with E-state index in [1.807, 2.05) is 30.3 Å². The van der Waals surface area contributed by atoms with Crippen molar-refractivity contribution in [3.05, 3.63) is 35.9 Å². The molecule has 2 atom stereocenters. The number of carbonyl (C=O) groups is 5. The van der Waals surface area contributed by atoms with Crippen molar-refractivity contribution in [3.63, 3.8) is 0 Å². The summed E-state index contributed by atoms with van der Waals surface area (Å²) in [5.41, 5.74) is -2.82. The molecule has 1 aliphatic heterocycles. The Morgan fingerprint density at radius 3 is 2.00 bits per heavy atom. The summed E-state index contributed by atoms with van der Waals surface area (Å²) in [7, 11) is 0. The highest BCUT2D eigenvalue weighted by Gasteiger charge is 2.50. The highest BCUT2D eigenvalue weighted by molar-refractivity contribution is 5.96. The van der Waals surface area contributed by atoms with Crippen LogP contribution >= 0.6 is 0 Å². The first-order chi connectivity index (χ1) is 19.7. The number of hydrogen-bond acceptors (Lipinski definition) is 8. The second kappa shape index (κ2) is 14.2. The predicted molar refractivity (Wildman–Crippen MR) is 161 cm³/mol. The molecule has 0 aromatic heterocycles. The number of ether oxygens (including phenoxy) is 3. The van der Waals surface area contributed by atoms with Crippen LogP contribution in [-0.2, 0) is 39.8 Å². The number of likely N-dealkylation sites (tertiary alicyclic amines) is 1. The summed E-state index contributed by atoms with van der Waals surface area (Å²) < 4.78 is 16.2. The first-order valence-corrected chi connectivity index (χ1v) is 14.8. The topological polar surface area (TPSA) is 140 Å². The summed E-state index contributed by atoms with van der Waals surface area (Å²) in [6, 6.07) is 8.11. The normalized spacial score (nSPS) is 17.9. The molecule has 1 aromatic carbocycles. The Kier molecular flexibility index (Phi) is 11.8. The van der Waals surface area contributed by atoms with E-state index in [9.17, 15) is 24.0 Å². The maximum atomic E-state index is 14.2. The first kappa shape index (κ1) is 35.6. The molecule has 0 spiro atoms. The van der Waals surface area contributed by atoms with Crippen LogP contribution < -0.4 is 10.6 Å². The largest absolute Gasteiger partial charge is 0.460 e. The molecule has 240 valence electrons. The van der Waals surface area contributed by atoms with Gasteiger partial charge in [-0.05, 0) is 87.1 Å². The lowest BCUT2D eigenvalue weighted by Crippen LogP contribution is -2.62. The summed E-state index contributed by atoms with van der Waals surface area (Å²) >= 11 is 0. The summed E-state index contributed by atoms with van der Waals surface area (Å²) in [5, 5.41) is 5.30. The number of benzene rings is 1. The summed E-state index contributed by atoms with van der Waals surface area (Å²) in [6.45, 7) is 15.4. The highest BCUT2D eigenvalue weighted by atomic mass is 16.6. The maximum absolute atomic E-state index is 14.2. The van der Waals surface area contributed by atoms with Crippen LogP contribution in [0.15, 0.2) is 30.3 Å². The third kappa shape index (κ3) is 11.9. The zero-order valence-electron chi connectivity index (χ0n) is 27.1. The predicted octanol–water partition coefficient (Wildman–Crippen LogP) is 4.06. The van der Waals surface area contributed by atoms with Crippen molar-refractivity contribution in [2.24, 2.45) is 0 Å². The highest BCUT2D eigenvalue weighted by Crippen LogP contribution is 2.34. The van der Waals surface area contributed by atoms with Crippen molar-refractivity contribution in [2.75, 3.05) is 13.1 Å². The average Bonchev–Trinajstić information content (AvgIpc) is 3.27. The molecule has 11 nitrogen and oxygen atoms in total. The number of nitrogens with zero attached hydrogens (tertiary/aromatic N) is 1. The van der Waals surface area contributed by atoms with Crippen LogP contribution in [0, 0.1) is 0 Å². The summed E-state index contributed by atoms with van der Waals surface area (Å²) in [6.07, 6.45) is 0.128. The van der Waals surface area contributed by atoms with Crippen molar-refractivity contribution in [1.82, 2.24) is 15.5 Å². The van der Waals surface area contributed by atoms with Crippen LogP contribution in [0.3, 0.4) is 0 Å². The van der Waals surface area contributed by atoms with Gasteiger partial charge in [-0.3, -0.25) is 14.4 Å². The van der Waals surface area contributed by atoms with E-state index in [1.54, 1.807) is 62.3 Å². The second-order valence-corrected chi connectivity index (χ2v) is 13.9. The molecule has 1 aliphatic rings. The molecule has 0 bridgehead atoms. The molecule has 0 unspecified atom stereocenters. The molecular formula is C32H49N3O8. The van der Waals surface area contributed by atoms with Crippen LogP contribution in [-0.4, -0.2) is 76.2 Å². The lowest BCUT2D eigenvalue weighted by molar-refractivity contribution is -0.161. The van der Waals surface area contributed by atoms with Gasteiger partial charge in [0.2, 0.25) is 11.8 Å². The Morgan fingerprint density at radius 2 is 1.44 bits per heavy atom. The van der Waals surface area contributed by atoms with E-state index in [1.165, 1.54) is 4.90 Å². The average molecular weight is 604 g/mol. The Morgan fingerprint density at radius 1 is 0.860 bits per heavy atom. The van der Waals surface area contributed by atoms with Crippen molar-refractivity contribution >= 4 is 29.8 Å². The first-order valence-electron chi connectivity index (χ1n) is 14.8. The van der Waals surface area contributed by atoms with Crippen LogP contribution in [0.4, 0.5) is 4.79 Å². The van der Waals surface area contributed by atoms with Crippen molar-refractivity contribution in [3.8, 4) is 0 Å². The minimum Gasteiger partial charge on any atom is -0.460 e. The van der Waals surface area contributed by atoms with E-state index >= 15 is 0 Å². The van der Waals surface area contributed by atoms with Crippen molar-refractivity contribution in [1.29, 1.82) is 0 Å². The van der Waals surface area contributed by atoms with Crippen LogP contribution in [0.25, 0.3) is 0 Å². The monoisotopic (exact) mass is 603 g/mol. The van der Waals surface area contributed by atoms with E-state index in [2.05, 4.69) is 10.6 Å². The smallest absolute Gasteiger partial charge is 0.408 e. The fraction of sp³-hybridized carbons (Fsp3) is 0.656. The minimum atomic E-state index is -1.35. The zero-order valence-corrected chi connectivity index (χ0v) is 27.1. The van der Waals surface area contributed by atoms with Crippen LogP contribution in [0.2, 0.25) is 0 Å². The third-order valence-corrected chi connectivity index (χ3v) is 6.39. The SMILES string of the molecule is CC(C)(C)OC(=O)CC[C@H](NC(=O)[C@]1(Cc2ccccc2)CCCN1C(=O)CNC(=O)OC(C)(C)C)C(=O)OC(C)(C)C. The van der Waals surface area contributed by atoms with Crippen LogP contribution in [0.5, 0.6) is 0 Å². The molecule has 0 radical (unpaired) electrons. The lowest BCUT2D eigenvalue weighted by Gasteiger charge is -2.38. The molecule has 11 heteroatoms. The summed E-state index contributed by atoms with van der Waals surface area (Å²) in [4.78, 5) is 67.2. The Labute approximate surface area is 255 Å². The molecule has 0 saturated carbocycles. The Balaban J connectivity index is 2.36. The molecular weight excluding hydrogens is 554 g/mol. The molecule has 2 N–H and O–H groups in total. The van der Waals surface area contributed by atoms with Gasteiger partial charge >= 0.3 is 18.0 Å². The fourth-order valence-electron chi connectivity index (χ4n) is 4.80. The van der Waals surface area contributed by atoms with Crippen molar-refractivity contribution in [2.45, 2.75) is 123 Å². The number of esters is 2. The summed E-state index contributed by atoms with van der Waals surface area (Å²) in [5.74, 6) is -2.21. The lowest BCUT2D eigenvalue weighted by atomic mass is 9.86. The molecule has 1 heterocycles. The van der Waals surface area contributed by atoms with E-state index in [-0.39, 0.29) is 32.4 Å². The molecule has 1 saturated heterocycles. The van der Waals surface area contributed by atoms with Gasteiger partial charge in [0, 0.05) is 19.4 Å².